The van der Waals surface area contributed by atoms with E-state index in [1.807, 2.05) is 19.0 Å². The van der Waals surface area contributed by atoms with Gasteiger partial charge in [-0.15, -0.1) is 4.99 Å². The number of carbonyl (C=O) groups is 1. The Morgan fingerprint density at radius 2 is 2.28 bits per heavy atom. The molecule has 1 rings (SSSR count). The van der Waals surface area contributed by atoms with E-state index in [4.69, 9.17) is 5.26 Å². The van der Waals surface area contributed by atoms with Crippen LogP contribution in [0.15, 0.2) is 17.4 Å². The Hall–Kier alpha value is -2.42. The van der Waals surface area contributed by atoms with Crippen molar-refractivity contribution in [3.8, 4) is 6.19 Å². The molecule has 0 saturated carbocycles. The molecule has 0 amide bonds. The summed E-state index contributed by atoms with van der Waals surface area (Å²) in [5.41, 5.74) is 1.26. The van der Waals surface area contributed by atoms with Crippen molar-refractivity contribution in [1.82, 2.24) is 14.5 Å². The van der Waals surface area contributed by atoms with Crippen LogP contribution >= 0.6 is 0 Å². The number of nitrogens with zero attached hydrogens (tertiary/aromatic N) is 5. The molecule has 0 spiro atoms. The van der Waals surface area contributed by atoms with Crippen molar-refractivity contribution in [3.63, 3.8) is 0 Å². The van der Waals surface area contributed by atoms with Crippen molar-refractivity contribution in [3.05, 3.63) is 29.3 Å². The monoisotopic (exact) mass is 245 g/mol. The fourth-order valence-electron chi connectivity index (χ4n) is 1.33. The van der Waals surface area contributed by atoms with Crippen LogP contribution in [0.4, 0.5) is 0 Å². The summed E-state index contributed by atoms with van der Waals surface area (Å²) in [4.78, 5) is 21.2. The van der Waals surface area contributed by atoms with Gasteiger partial charge in [0, 0.05) is 33.5 Å². The smallest absolute Gasteiger partial charge is 0.240 e. The highest BCUT2D eigenvalue weighted by atomic mass is 16.1. The molecule has 1 aromatic heterocycles. The molecule has 0 aliphatic heterocycles. The van der Waals surface area contributed by atoms with E-state index in [-0.39, 0.29) is 11.4 Å². The maximum atomic E-state index is 11.5. The minimum Gasteiger partial charge on any atom is -0.383 e. The van der Waals surface area contributed by atoms with Gasteiger partial charge in [0.15, 0.2) is 5.78 Å². The summed E-state index contributed by atoms with van der Waals surface area (Å²) in [6, 6.07) is 0. The topological polar surface area (TPSA) is 74.3 Å². The molecule has 0 fully saturated rings. The van der Waals surface area contributed by atoms with E-state index >= 15 is 0 Å². The molecule has 94 valence electrons. The first kappa shape index (κ1) is 13.6. The Morgan fingerprint density at radius 1 is 1.61 bits per heavy atom. The second kappa shape index (κ2) is 5.77. The van der Waals surface area contributed by atoms with Gasteiger partial charge in [0.05, 0.1) is 11.3 Å². The zero-order valence-electron chi connectivity index (χ0n) is 10.9. The highest BCUT2D eigenvalue weighted by molar-refractivity contribution is 5.96. The van der Waals surface area contributed by atoms with Crippen molar-refractivity contribution >= 4 is 11.9 Å². The van der Waals surface area contributed by atoms with Gasteiger partial charge in [0.1, 0.15) is 0 Å². The molecule has 6 nitrogen and oxygen atoms in total. The highest BCUT2D eigenvalue weighted by Gasteiger charge is 2.08. The van der Waals surface area contributed by atoms with Gasteiger partial charge in [-0.05, 0) is 13.0 Å². The third kappa shape index (κ3) is 3.28. The lowest BCUT2D eigenvalue weighted by Gasteiger charge is -2.07. The van der Waals surface area contributed by atoms with E-state index in [2.05, 4.69) is 9.98 Å². The fourth-order valence-corrected chi connectivity index (χ4v) is 1.33. The van der Waals surface area contributed by atoms with Gasteiger partial charge in [-0.25, -0.2) is 4.98 Å². The van der Waals surface area contributed by atoms with Crippen LogP contribution in [0, 0.1) is 11.5 Å². The van der Waals surface area contributed by atoms with E-state index in [1.165, 1.54) is 6.92 Å². The van der Waals surface area contributed by atoms with Crippen LogP contribution in [0.3, 0.4) is 0 Å². The highest BCUT2D eigenvalue weighted by Crippen LogP contribution is 2.06. The SMILES string of the molecule is CC(=O)c1cn(C)c(=NC#N)nc1/C=C/N(C)C. The second-order valence-electron chi connectivity index (χ2n) is 4.00. The number of rotatable bonds is 3. The van der Waals surface area contributed by atoms with E-state index < -0.39 is 0 Å². The molecule has 1 heterocycles. The molecule has 0 aliphatic carbocycles. The summed E-state index contributed by atoms with van der Waals surface area (Å²) < 4.78 is 1.55. The molecule has 0 radical (unpaired) electrons. The summed E-state index contributed by atoms with van der Waals surface area (Å²) in [6.07, 6.45) is 6.81. The summed E-state index contributed by atoms with van der Waals surface area (Å²) in [7, 11) is 5.43. The third-order valence-corrected chi connectivity index (χ3v) is 2.19. The number of aryl methyl sites for hydroxylation is 1. The van der Waals surface area contributed by atoms with Gasteiger partial charge < -0.3 is 9.47 Å². The maximum Gasteiger partial charge on any atom is 0.240 e. The lowest BCUT2D eigenvalue weighted by Crippen LogP contribution is -2.24. The van der Waals surface area contributed by atoms with Gasteiger partial charge in [0.2, 0.25) is 11.8 Å². The van der Waals surface area contributed by atoms with Crippen molar-refractivity contribution in [1.29, 1.82) is 5.26 Å². The number of nitriles is 1. The molecule has 18 heavy (non-hydrogen) atoms. The Bertz CT molecular complexity index is 589. The second-order valence-corrected chi connectivity index (χ2v) is 4.00. The third-order valence-electron chi connectivity index (χ3n) is 2.19. The zero-order valence-corrected chi connectivity index (χ0v) is 10.9. The summed E-state index contributed by atoms with van der Waals surface area (Å²) in [5, 5.41) is 8.57. The van der Waals surface area contributed by atoms with Crippen molar-refractivity contribution in [2.24, 2.45) is 12.0 Å². The predicted octanol–water partition coefficient (Wildman–Crippen LogP) is 0.537. The van der Waals surface area contributed by atoms with E-state index in [1.54, 1.807) is 36.3 Å². The lowest BCUT2D eigenvalue weighted by molar-refractivity contribution is 0.101. The summed E-state index contributed by atoms with van der Waals surface area (Å²) in [6.45, 7) is 1.48. The quantitative estimate of drug-likeness (QED) is 0.575. The number of hydrogen-bond donors (Lipinski definition) is 0. The normalized spacial score (nSPS) is 11.6. The van der Waals surface area contributed by atoms with Gasteiger partial charge in [-0.1, -0.05) is 0 Å². The van der Waals surface area contributed by atoms with Crippen molar-refractivity contribution in [2.75, 3.05) is 14.1 Å². The average molecular weight is 245 g/mol. The molecule has 0 N–H and O–H groups in total. The lowest BCUT2D eigenvalue weighted by atomic mass is 10.1. The number of hydrogen-bond acceptors (Lipinski definition) is 5. The number of aromatic nitrogens is 2. The molecule has 0 unspecified atom stereocenters. The fraction of sp³-hybridized carbons (Fsp3) is 0.333. The van der Waals surface area contributed by atoms with E-state index in [0.29, 0.717) is 11.3 Å². The molecular weight excluding hydrogens is 230 g/mol. The number of ketones is 1. The molecule has 1 aromatic rings. The molecular formula is C12H15N5O. The van der Waals surface area contributed by atoms with Crippen LogP contribution in [0.1, 0.15) is 23.0 Å². The number of carbonyl (C=O) groups excluding carboxylic acids is 1. The van der Waals surface area contributed by atoms with Crippen LogP contribution in [-0.2, 0) is 7.05 Å². The largest absolute Gasteiger partial charge is 0.383 e. The van der Waals surface area contributed by atoms with Crippen LogP contribution < -0.4 is 5.62 Å². The summed E-state index contributed by atoms with van der Waals surface area (Å²) >= 11 is 0. The van der Waals surface area contributed by atoms with Crippen LogP contribution in [-0.4, -0.2) is 34.3 Å². The standard InChI is InChI=1S/C12H15N5O/c1-9(18)10-7-17(4)12(14-8-13)15-11(10)5-6-16(2)3/h5-7H,1-4H3/b6-5+,14-12?. The molecule has 0 bridgehead atoms. The minimum absolute atomic E-state index is 0.0833. The van der Waals surface area contributed by atoms with E-state index in [9.17, 15) is 4.79 Å². The molecule has 0 atom stereocenters. The van der Waals surface area contributed by atoms with Crippen molar-refractivity contribution in [2.45, 2.75) is 6.92 Å². The molecule has 6 heteroatoms. The van der Waals surface area contributed by atoms with Gasteiger partial charge in [-0.2, -0.15) is 5.26 Å². The maximum absolute atomic E-state index is 11.5. The zero-order chi connectivity index (χ0) is 13.7. The predicted molar refractivity (Wildman–Crippen MR) is 67.1 cm³/mol. The average Bonchev–Trinajstić information content (AvgIpc) is 2.29. The first-order chi connectivity index (χ1) is 8.45. The van der Waals surface area contributed by atoms with Gasteiger partial charge in [-0.3, -0.25) is 4.79 Å². The molecule has 0 saturated heterocycles. The molecule has 0 aliphatic rings. The van der Waals surface area contributed by atoms with Crippen molar-refractivity contribution < 1.29 is 4.79 Å². The van der Waals surface area contributed by atoms with Crippen LogP contribution in [0.5, 0.6) is 0 Å². The first-order valence-corrected chi connectivity index (χ1v) is 5.31. The molecule has 0 aromatic carbocycles. The van der Waals surface area contributed by atoms with E-state index in [0.717, 1.165) is 0 Å². The van der Waals surface area contributed by atoms with Crippen LogP contribution in [0.25, 0.3) is 6.08 Å². The van der Waals surface area contributed by atoms with Gasteiger partial charge >= 0.3 is 0 Å². The minimum atomic E-state index is -0.0833. The number of Topliss-reactive ketones (excluding diaryl/α,β-unsaturated/α-hetero) is 1. The van der Waals surface area contributed by atoms with Gasteiger partial charge in [0.25, 0.3) is 0 Å². The summed E-state index contributed by atoms with van der Waals surface area (Å²) in [5.74, 6) is -0.0833. The Labute approximate surface area is 106 Å². The Morgan fingerprint density at radius 3 is 2.78 bits per heavy atom. The Balaban J connectivity index is 3.46. The Kier molecular flexibility index (Phi) is 4.38. The first-order valence-electron chi connectivity index (χ1n) is 5.31. The van der Waals surface area contributed by atoms with Crippen LogP contribution in [0.2, 0.25) is 0 Å².